The largest absolute Gasteiger partial charge is 0.459 e. The molecule has 1 aliphatic heterocycles. The van der Waals surface area contributed by atoms with E-state index in [1.165, 1.54) is 23.3 Å². The zero-order valence-electron chi connectivity index (χ0n) is 15.0. The van der Waals surface area contributed by atoms with E-state index < -0.39 is 17.0 Å². The molecule has 27 heavy (non-hydrogen) atoms. The highest BCUT2D eigenvalue weighted by Gasteiger charge is 2.34. The molecule has 0 unspecified atom stereocenters. The first kappa shape index (κ1) is 18.6. The Kier molecular flexibility index (Phi) is 5.54. The van der Waals surface area contributed by atoms with Gasteiger partial charge in [0.05, 0.1) is 17.2 Å². The van der Waals surface area contributed by atoms with Crippen molar-refractivity contribution in [3.05, 3.63) is 64.1 Å². The second-order valence-electron chi connectivity index (χ2n) is 6.57. The van der Waals surface area contributed by atoms with Crippen LogP contribution in [0, 0.1) is 10.1 Å². The summed E-state index contributed by atoms with van der Waals surface area (Å²) in [7, 11) is 0. The van der Waals surface area contributed by atoms with Gasteiger partial charge in [-0.15, -0.1) is 0 Å². The number of nitrogens with zero attached hydrogens (tertiary/aromatic N) is 2. The molecule has 0 aliphatic carbocycles. The summed E-state index contributed by atoms with van der Waals surface area (Å²) >= 11 is 0. The predicted octanol–water partition coefficient (Wildman–Crippen LogP) is 3.06. The maximum absolute atomic E-state index is 12.8. The summed E-state index contributed by atoms with van der Waals surface area (Å²) < 4.78 is 5.18. The van der Waals surface area contributed by atoms with Crippen LogP contribution < -0.4 is 5.32 Å². The summed E-state index contributed by atoms with van der Waals surface area (Å²) in [4.78, 5) is 37.5. The Morgan fingerprint density at radius 3 is 2.81 bits per heavy atom. The first-order chi connectivity index (χ1) is 13.0. The lowest BCUT2D eigenvalue weighted by atomic mass is 10.00. The molecule has 2 aromatic rings. The van der Waals surface area contributed by atoms with Crippen molar-refractivity contribution in [2.24, 2.45) is 0 Å². The van der Waals surface area contributed by atoms with Gasteiger partial charge in [-0.1, -0.05) is 12.1 Å². The van der Waals surface area contributed by atoms with E-state index in [1.54, 1.807) is 31.2 Å². The number of likely N-dealkylation sites (tertiary alicyclic amines) is 1. The summed E-state index contributed by atoms with van der Waals surface area (Å²) in [6.07, 6.45) is 3.68. The predicted molar refractivity (Wildman–Crippen MR) is 97.0 cm³/mol. The van der Waals surface area contributed by atoms with Crippen molar-refractivity contribution in [3.8, 4) is 0 Å². The third kappa shape index (κ3) is 4.16. The molecule has 3 rings (SSSR count). The number of nitro benzene ring substituents is 1. The van der Waals surface area contributed by atoms with Crippen molar-refractivity contribution in [3.63, 3.8) is 0 Å². The van der Waals surface area contributed by atoms with Crippen LogP contribution in [0.2, 0.25) is 0 Å². The second kappa shape index (κ2) is 8.03. The molecule has 2 amide bonds. The summed E-state index contributed by atoms with van der Waals surface area (Å²) in [6, 6.07) is 8.38. The van der Waals surface area contributed by atoms with Crippen LogP contribution in [0.1, 0.15) is 48.3 Å². The fourth-order valence-corrected chi connectivity index (χ4v) is 3.29. The molecule has 0 bridgehead atoms. The van der Waals surface area contributed by atoms with Crippen molar-refractivity contribution in [2.45, 2.75) is 38.3 Å². The van der Waals surface area contributed by atoms with Gasteiger partial charge >= 0.3 is 0 Å². The number of nitrogens with one attached hydrogen (secondary N) is 1. The molecule has 1 aliphatic rings. The summed E-state index contributed by atoms with van der Waals surface area (Å²) in [5, 5.41) is 13.8. The Labute approximate surface area is 156 Å². The smallest absolute Gasteiger partial charge is 0.290 e. The van der Waals surface area contributed by atoms with Crippen molar-refractivity contribution < 1.29 is 18.9 Å². The molecule has 0 saturated carbocycles. The number of carbonyl (C=O) groups is 2. The molecule has 1 fully saturated rings. The van der Waals surface area contributed by atoms with Gasteiger partial charge in [0.2, 0.25) is 5.91 Å². The van der Waals surface area contributed by atoms with Gasteiger partial charge < -0.3 is 14.6 Å². The van der Waals surface area contributed by atoms with E-state index in [2.05, 4.69) is 5.32 Å². The summed E-state index contributed by atoms with van der Waals surface area (Å²) in [5.41, 5.74) is 0.609. The van der Waals surface area contributed by atoms with Gasteiger partial charge in [0.1, 0.15) is 6.04 Å². The third-order valence-corrected chi connectivity index (χ3v) is 4.74. The Morgan fingerprint density at radius 2 is 2.11 bits per heavy atom. The van der Waals surface area contributed by atoms with Gasteiger partial charge in [0.25, 0.3) is 11.6 Å². The zero-order chi connectivity index (χ0) is 19.4. The minimum absolute atomic E-state index is 0.0270. The lowest BCUT2D eigenvalue weighted by molar-refractivity contribution is -0.384. The first-order valence-electron chi connectivity index (χ1n) is 8.86. The lowest BCUT2D eigenvalue weighted by Crippen LogP contribution is -2.52. The van der Waals surface area contributed by atoms with E-state index in [0.29, 0.717) is 18.5 Å². The standard InChI is InChI=1S/C19H21N3O5/c1-13(14-6-4-7-15(12-14)22(25)26)20-18(23)16-8-2-3-10-21(16)19(24)17-9-5-11-27-17/h4-7,9,11-13,16H,2-3,8,10H2,1H3,(H,20,23)/t13-,16+/m1/s1. The van der Waals surface area contributed by atoms with E-state index >= 15 is 0 Å². The molecule has 1 saturated heterocycles. The van der Waals surface area contributed by atoms with Crippen LogP contribution in [0.15, 0.2) is 47.1 Å². The number of benzene rings is 1. The molecule has 142 valence electrons. The molecular formula is C19H21N3O5. The van der Waals surface area contributed by atoms with Gasteiger partial charge in [-0.3, -0.25) is 19.7 Å². The second-order valence-corrected chi connectivity index (χ2v) is 6.57. The number of carbonyl (C=O) groups excluding carboxylic acids is 2. The maximum Gasteiger partial charge on any atom is 0.290 e. The number of non-ortho nitro benzene ring substituents is 1. The first-order valence-corrected chi connectivity index (χ1v) is 8.86. The topological polar surface area (TPSA) is 106 Å². The Hall–Kier alpha value is -3.16. The molecule has 1 aromatic heterocycles. The average Bonchev–Trinajstić information content (AvgIpc) is 3.22. The van der Waals surface area contributed by atoms with Crippen LogP contribution in [-0.2, 0) is 4.79 Å². The highest BCUT2D eigenvalue weighted by molar-refractivity contribution is 5.95. The minimum Gasteiger partial charge on any atom is -0.459 e. The number of piperidine rings is 1. The van der Waals surface area contributed by atoms with E-state index in [1.807, 2.05) is 0 Å². The number of furan rings is 1. The molecule has 8 heteroatoms. The molecule has 1 aromatic carbocycles. The van der Waals surface area contributed by atoms with Crippen LogP contribution in [0.25, 0.3) is 0 Å². The Bertz CT molecular complexity index is 834. The van der Waals surface area contributed by atoms with Crippen molar-refractivity contribution >= 4 is 17.5 Å². The molecule has 0 spiro atoms. The summed E-state index contributed by atoms with van der Waals surface area (Å²) in [6.45, 7) is 2.25. The lowest BCUT2D eigenvalue weighted by Gasteiger charge is -2.34. The number of hydrogen-bond acceptors (Lipinski definition) is 5. The minimum atomic E-state index is -0.586. The van der Waals surface area contributed by atoms with Gasteiger partial charge in [0, 0.05) is 18.7 Å². The monoisotopic (exact) mass is 371 g/mol. The van der Waals surface area contributed by atoms with E-state index in [0.717, 1.165) is 12.8 Å². The van der Waals surface area contributed by atoms with Gasteiger partial charge in [-0.05, 0) is 43.9 Å². The number of nitro groups is 1. The maximum atomic E-state index is 12.8. The number of rotatable bonds is 5. The van der Waals surface area contributed by atoms with Gasteiger partial charge in [-0.2, -0.15) is 0 Å². The van der Waals surface area contributed by atoms with Crippen molar-refractivity contribution in [2.75, 3.05) is 6.54 Å². The molecule has 0 radical (unpaired) electrons. The van der Waals surface area contributed by atoms with Crippen LogP contribution in [0.3, 0.4) is 0 Å². The fraction of sp³-hybridized carbons (Fsp3) is 0.368. The highest BCUT2D eigenvalue weighted by atomic mass is 16.6. The van der Waals surface area contributed by atoms with Gasteiger partial charge in [-0.25, -0.2) is 0 Å². The Balaban J connectivity index is 1.72. The van der Waals surface area contributed by atoms with Crippen LogP contribution in [0.4, 0.5) is 5.69 Å². The van der Waals surface area contributed by atoms with E-state index in [9.17, 15) is 19.7 Å². The van der Waals surface area contributed by atoms with Crippen LogP contribution in [0.5, 0.6) is 0 Å². The SMILES string of the molecule is C[C@@H](NC(=O)[C@@H]1CCCCN1C(=O)c1ccco1)c1cccc([N+](=O)[O-])c1. The van der Waals surface area contributed by atoms with Crippen molar-refractivity contribution in [1.82, 2.24) is 10.2 Å². The number of hydrogen-bond donors (Lipinski definition) is 1. The highest BCUT2D eigenvalue weighted by Crippen LogP contribution is 2.23. The molecule has 2 heterocycles. The van der Waals surface area contributed by atoms with E-state index in [4.69, 9.17) is 4.42 Å². The fourth-order valence-electron chi connectivity index (χ4n) is 3.29. The number of amides is 2. The van der Waals surface area contributed by atoms with Crippen molar-refractivity contribution in [1.29, 1.82) is 0 Å². The molecular weight excluding hydrogens is 350 g/mol. The molecule has 8 nitrogen and oxygen atoms in total. The Morgan fingerprint density at radius 1 is 1.30 bits per heavy atom. The average molecular weight is 371 g/mol. The zero-order valence-corrected chi connectivity index (χ0v) is 15.0. The molecule has 2 atom stereocenters. The third-order valence-electron chi connectivity index (χ3n) is 4.74. The quantitative estimate of drug-likeness (QED) is 0.642. The molecule has 1 N–H and O–H groups in total. The summed E-state index contributed by atoms with van der Waals surface area (Å²) in [5.74, 6) is -0.363. The normalized spacial score (nSPS) is 18.0. The van der Waals surface area contributed by atoms with Crippen LogP contribution >= 0.6 is 0 Å². The van der Waals surface area contributed by atoms with Crippen LogP contribution in [-0.4, -0.2) is 34.2 Å². The van der Waals surface area contributed by atoms with Gasteiger partial charge in [0.15, 0.2) is 5.76 Å². The van der Waals surface area contributed by atoms with E-state index in [-0.39, 0.29) is 23.3 Å².